The molecule has 0 radical (unpaired) electrons. The number of nitrogens with two attached hydrogens (primary N) is 1. The third-order valence-electron chi connectivity index (χ3n) is 5.13. The van der Waals surface area contributed by atoms with Gasteiger partial charge in [-0.1, -0.05) is 25.1 Å². The molecule has 4 rings (SSSR count). The molecular weight excluding hydrogens is 380 g/mol. The van der Waals surface area contributed by atoms with Crippen LogP contribution in [-0.4, -0.2) is 24.5 Å². The van der Waals surface area contributed by atoms with E-state index in [1.165, 1.54) is 0 Å². The SMILES string of the molecule is CCCOc1cc(OC)c2c(c1N)C(=O)c1cccc(OC(C)c3ccccn3)c1-2. The number of ether oxygens (including phenoxy) is 3. The number of ketones is 1. The second kappa shape index (κ2) is 8.06. The van der Waals surface area contributed by atoms with Crippen LogP contribution in [0.1, 0.15) is 48.0 Å². The van der Waals surface area contributed by atoms with Gasteiger partial charge >= 0.3 is 0 Å². The number of anilines is 1. The number of benzene rings is 2. The maximum absolute atomic E-state index is 13.3. The predicted octanol–water partition coefficient (Wildman–Crippen LogP) is 4.81. The van der Waals surface area contributed by atoms with Crippen molar-refractivity contribution in [2.75, 3.05) is 19.5 Å². The Labute approximate surface area is 175 Å². The molecule has 3 aromatic rings. The normalized spacial score (nSPS) is 12.8. The van der Waals surface area contributed by atoms with Crippen LogP contribution in [0.4, 0.5) is 5.69 Å². The summed E-state index contributed by atoms with van der Waals surface area (Å²) >= 11 is 0. The first kappa shape index (κ1) is 19.8. The molecule has 0 aliphatic heterocycles. The van der Waals surface area contributed by atoms with Crippen molar-refractivity contribution in [2.45, 2.75) is 26.4 Å². The lowest BCUT2D eigenvalue weighted by Gasteiger charge is -2.19. The predicted molar refractivity (Wildman–Crippen MR) is 115 cm³/mol. The van der Waals surface area contributed by atoms with Gasteiger partial charge in [-0.15, -0.1) is 0 Å². The molecule has 2 aromatic carbocycles. The number of rotatable bonds is 7. The number of carbonyl (C=O) groups is 1. The molecule has 1 heterocycles. The van der Waals surface area contributed by atoms with E-state index in [2.05, 4.69) is 4.98 Å². The summed E-state index contributed by atoms with van der Waals surface area (Å²) in [4.78, 5) is 17.6. The Morgan fingerprint density at radius 3 is 2.57 bits per heavy atom. The number of pyridine rings is 1. The zero-order valence-corrected chi connectivity index (χ0v) is 17.3. The van der Waals surface area contributed by atoms with Crippen molar-refractivity contribution in [1.29, 1.82) is 0 Å². The van der Waals surface area contributed by atoms with Gasteiger partial charge in [0.2, 0.25) is 0 Å². The Hall–Kier alpha value is -3.54. The second-order valence-corrected chi connectivity index (χ2v) is 7.11. The summed E-state index contributed by atoms with van der Waals surface area (Å²) in [5, 5.41) is 0. The van der Waals surface area contributed by atoms with Crippen molar-refractivity contribution in [3.8, 4) is 28.4 Å². The van der Waals surface area contributed by atoms with Crippen molar-refractivity contribution in [2.24, 2.45) is 0 Å². The van der Waals surface area contributed by atoms with Gasteiger partial charge in [0.25, 0.3) is 0 Å². The number of nitrogen functional groups attached to an aromatic ring is 1. The van der Waals surface area contributed by atoms with Crippen molar-refractivity contribution in [3.63, 3.8) is 0 Å². The fourth-order valence-corrected chi connectivity index (χ4v) is 3.70. The molecule has 154 valence electrons. The summed E-state index contributed by atoms with van der Waals surface area (Å²) < 4.78 is 17.6. The van der Waals surface area contributed by atoms with Crippen LogP contribution in [0.2, 0.25) is 0 Å². The molecule has 6 heteroatoms. The minimum absolute atomic E-state index is 0.159. The summed E-state index contributed by atoms with van der Waals surface area (Å²) in [7, 11) is 1.57. The van der Waals surface area contributed by atoms with Crippen LogP contribution in [0.3, 0.4) is 0 Å². The van der Waals surface area contributed by atoms with E-state index >= 15 is 0 Å². The number of hydrogen-bond acceptors (Lipinski definition) is 6. The van der Waals surface area contributed by atoms with Gasteiger partial charge in [0, 0.05) is 29.0 Å². The number of carbonyl (C=O) groups excluding carboxylic acids is 1. The van der Waals surface area contributed by atoms with E-state index in [4.69, 9.17) is 19.9 Å². The first-order valence-electron chi connectivity index (χ1n) is 9.95. The van der Waals surface area contributed by atoms with E-state index in [-0.39, 0.29) is 11.9 Å². The van der Waals surface area contributed by atoms with E-state index in [0.717, 1.165) is 12.1 Å². The van der Waals surface area contributed by atoms with Gasteiger partial charge < -0.3 is 19.9 Å². The molecule has 0 fully saturated rings. The van der Waals surface area contributed by atoms with E-state index in [1.807, 2.05) is 38.1 Å². The largest absolute Gasteiger partial charge is 0.496 e. The van der Waals surface area contributed by atoms with E-state index in [9.17, 15) is 4.79 Å². The fraction of sp³-hybridized carbons (Fsp3) is 0.250. The Kier molecular flexibility index (Phi) is 5.31. The molecule has 0 spiro atoms. The van der Waals surface area contributed by atoms with Crippen LogP contribution < -0.4 is 19.9 Å². The first-order chi connectivity index (χ1) is 14.6. The molecule has 2 N–H and O–H groups in total. The summed E-state index contributed by atoms with van der Waals surface area (Å²) in [6, 6.07) is 12.8. The quantitative estimate of drug-likeness (QED) is 0.445. The molecule has 30 heavy (non-hydrogen) atoms. The number of hydrogen-bond donors (Lipinski definition) is 1. The Morgan fingerprint density at radius 2 is 1.87 bits per heavy atom. The maximum Gasteiger partial charge on any atom is 0.196 e. The minimum Gasteiger partial charge on any atom is -0.496 e. The van der Waals surface area contributed by atoms with Crippen LogP contribution >= 0.6 is 0 Å². The first-order valence-corrected chi connectivity index (χ1v) is 9.95. The lowest BCUT2D eigenvalue weighted by atomic mass is 10.0. The van der Waals surface area contributed by atoms with Gasteiger partial charge in [-0.05, 0) is 31.5 Å². The summed E-state index contributed by atoms with van der Waals surface area (Å²) in [6.07, 6.45) is 2.26. The zero-order valence-electron chi connectivity index (χ0n) is 17.3. The number of aromatic nitrogens is 1. The molecule has 0 saturated carbocycles. The number of methoxy groups -OCH3 is 1. The highest BCUT2D eigenvalue weighted by atomic mass is 16.5. The van der Waals surface area contributed by atoms with Crippen LogP contribution in [0.5, 0.6) is 17.2 Å². The Balaban J connectivity index is 1.83. The lowest BCUT2D eigenvalue weighted by Crippen LogP contribution is -2.06. The average molecular weight is 404 g/mol. The zero-order chi connectivity index (χ0) is 21.3. The minimum atomic E-state index is -0.299. The van der Waals surface area contributed by atoms with Gasteiger partial charge in [0.15, 0.2) is 5.78 Å². The van der Waals surface area contributed by atoms with Gasteiger partial charge in [0.1, 0.15) is 23.4 Å². The van der Waals surface area contributed by atoms with Gasteiger partial charge in [-0.25, -0.2) is 0 Å². The van der Waals surface area contributed by atoms with Crippen LogP contribution in [0.15, 0.2) is 48.7 Å². The van der Waals surface area contributed by atoms with Gasteiger partial charge in [-0.3, -0.25) is 9.78 Å². The monoisotopic (exact) mass is 404 g/mol. The average Bonchev–Trinajstić information content (AvgIpc) is 3.08. The molecule has 1 unspecified atom stereocenters. The molecule has 0 amide bonds. The smallest absolute Gasteiger partial charge is 0.196 e. The van der Waals surface area contributed by atoms with Gasteiger partial charge in [-0.2, -0.15) is 0 Å². The molecular formula is C24H24N2O4. The number of fused-ring (bicyclic) bond motifs is 3. The summed E-state index contributed by atoms with van der Waals surface area (Å²) in [5.41, 5.74) is 9.75. The summed E-state index contributed by atoms with van der Waals surface area (Å²) in [6.45, 7) is 4.43. The standard InChI is InChI=1S/C24H24N2O4/c1-4-12-29-19-13-18(28-3)21-20-15(24(27)22(21)23(19)25)8-7-10-17(20)30-14(2)16-9-5-6-11-26-16/h5-11,13-14H,4,12,25H2,1-3H3. The van der Waals surface area contributed by atoms with E-state index in [1.54, 1.807) is 31.5 Å². The summed E-state index contributed by atoms with van der Waals surface area (Å²) in [5.74, 6) is 1.41. The van der Waals surface area contributed by atoms with Crippen LogP contribution in [-0.2, 0) is 0 Å². The molecule has 6 nitrogen and oxygen atoms in total. The molecule has 1 atom stereocenters. The third-order valence-corrected chi connectivity index (χ3v) is 5.13. The molecule has 0 saturated heterocycles. The van der Waals surface area contributed by atoms with Gasteiger partial charge in [0.05, 0.1) is 30.7 Å². The molecule has 1 aromatic heterocycles. The Bertz CT molecular complexity index is 1100. The highest BCUT2D eigenvalue weighted by molar-refractivity contribution is 6.26. The molecule has 1 aliphatic rings. The maximum atomic E-state index is 13.3. The third kappa shape index (κ3) is 3.24. The fourth-order valence-electron chi connectivity index (χ4n) is 3.70. The Morgan fingerprint density at radius 1 is 1.03 bits per heavy atom. The van der Waals surface area contributed by atoms with Crippen molar-refractivity contribution >= 4 is 11.5 Å². The van der Waals surface area contributed by atoms with Crippen LogP contribution in [0, 0.1) is 0 Å². The molecule has 0 bridgehead atoms. The molecule has 1 aliphatic carbocycles. The van der Waals surface area contributed by atoms with E-state index < -0.39 is 0 Å². The van der Waals surface area contributed by atoms with Crippen LogP contribution in [0.25, 0.3) is 11.1 Å². The highest BCUT2D eigenvalue weighted by Crippen LogP contribution is 2.52. The number of nitrogens with zero attached hydrogens (tertiary/aromatic N) is 1. The second-order valence-electron chi connectivity index (χ2n) is 7.11. The van der Waals surface area contributed by atoms with E-state index in [0.29, 0.717) is 51.8 Å². The topological polar surface area (TPSA) is 83.7 Å². The van der Waals surface area contributed by atoms with Crippen molar-refractivity contribution in [3.05, 3.63) is 65.5 Å². The van der Waals surface area contributed by atoms with Crippen molar-refractivity contribution < 1.29 is 19.0 Å². The highest BCUT2D eigenvalue weighted by Gasteiger charge is 2.36. The van der Waals surface area contributed by atoms with Crippen molar-refractivity contribution in [1.82, 2.24) is 4.98 Å². The lowest BCUT2D eigenvalue weighted by molar-refractivity contribution is 0.104.